The quantitative estimate of drug-likeness (QED) is 0.578. The molecule has 3 rings (SSSR count). The number of carbonyl (C=O) groups is 2. The van der Waals surface area contributed by atoms with Crippen LogP contribution in [0.3, 0.4) is 0 Å². The number of nitrogens with zero attached hydrogens (tertiary/aromatic N) is 2. The van der Waals surface area contributed by atoms with E-state index in [2.05, 4.69) is 0 Å². The third-order valence-corrected chi connectivity index (χ3v) is 5.07. The Morgan fingerprint density at radius 3 is 1.29 bits per heavy atom. The van der Waals surface area contributed by atoms with Gasteiger partial charge in [-0.25, -0.2) is 0 Å². The lowest BCUT2D eigenvalue weighted by atomic mass is 10.2. The summed E-state index contributed by atoms with van der Waals surface area (Å²) in [6.07, 6.45) is -9.26. The van der Waals surface area contributed by atoms with Crippen molar-refractivity contribution >= 4 is 11.8 Å². The van der Waals surface area contributed by atoms with Crippen molar-refractivity contribution in [3.63, 3.8) is 0 Å². The van der Waals surface area contributed by atoms with Crippen molar-refractivity contribution in [1.29, 1.82) is 0 Å². The van der Waals surface area contributed by atoms with Crippen molar-refractivity contribution in [2.45, 2.75) is 12.4 Å². The minimum atomic E-state index is -4.63. The lowest BCUT2D eigenvalue weighted by Gasteiger charge is -2.34. The maximum absolute atomic E-state index is 13.0. The fourth-order valence-corrected chi connectivity index (χ4v) is 3.32. The van der Waals surface area contributed by atoms with E-state index in [4.69, 9.17) is 9.47 Å². The van der Waals surface area contributed by atoms with E-state index in [-0.39, 0.29) is 26.2 Å². The van der Waals surface area contributed by atoms with E-state index in [1.165, 1.54) is 34.1 Å². The predicted octanol–water partition coefficient (Wildman–Crippen LogP) is 3.85. The summed E-state index contributed by atoms with van der Waals surface area (Å²) in [6.45, 7) is -0.860. The molecule has 1 saturated heterocycles. The lowest BCUT2D eigenvalue weighted by molar-refractivity contribution is -0.144. The zero-order valence-corrected chi connectivity index (χ0v) is 17.7. The number of halogens is 6. The number of benzene rings is 2. The number of carbonyl (C=O) groups excluding carboxylic acids is 2. The molecule has 2 aromatic carbocycles. The van der Waals surface area contributed by atoms with Gasteiger partial charge in [-0.05, 0) is 24.3 Å². The van der Waals surface area contributed by atoms with Crippen LogP contribution in [0.15, 0.2) is 48.5 Å². The molecule has 0 radical (unpaired) electrons. The fourth-order valence-electron chi connectivity index (χ4n) is 3.32. The normalized spacial score (nSPS) is 14.6. The van der Waals surface area contributed by atoms with Gasteiger partial charge in [0.05, 0.1) is 11.1 Å². The van der Waals surface area contributed by atoms with Crippen LogP contribution in [-0.4, -0.2) is 61.0 Å². The van der Waals surface area contributed by atoms with E-state index in [1.807, 2.05) is 0 Å². The van der Waals surface area contributed by atoms with E-state index < -0.39 is 60.0 Å². The number of hydrogen-bond donors (Lipinski definition) is 0. The van der Waals surface area contributed by atoms with E-state index >= 15 is 0 Å². The number of piperazine rings is 1. The molecule has 0 spiro atoms. The Labute approximate surface area is 190 Å². The first-order valence-electron chi connectivity index (χ1n) is 10.1. The molecule has 0 aliphatic carbocycles. The van der Waals surface area contributed by atoms with Crippen LogP contribution in [0.2, 0.25) is 0 Å². The highest BCUT2D eigenvalue weighted by Gasteiger charge is 2.35. The molecule has 0 saturated carbocycles. The SMILES string of the molecule is O=C(COc1ccccc1C(F)(F)F)N1CCN(C(=O)COc2ccccc2C(F)(F)F)CC1. The summed E-state index contributed by atoms with van der Waals surface area (Å²) < 4.78 is 88.3. The van der Waals surface area contributed by atoms with Gasteiger partial charge in [0.15, 0.2) is 13.2 Å². The van der Waals surface area contributed by atoms with Crippen molar-refractivity contribution < 1.29 is 45.4 Å². The summed E-state index contributed by atoms with van der Waals surface area (Å²) in [4.78, 5) is 27.3. The Balaban J connectivity index is 1.48. The summed E-state index contributed by atoms with van der Waals surface area (Å²) in [5.74, 6) is -2.04. The van der Waals surface area contributed by atoms with Gasteiger partial charge in [-0.3, -0.25) is 9.59 Å². The Bertz CT molecular complexity index is 935. The van der Waals surface area contributed by atoms with Crippen molar-refractivity contribution in [2.24, 2.45) is 0 Å². The molecule has 12 heteroatoms. The Kier molecular flexibility index (Phi) is 7.57. The first-order valence-corrected chi connectivity index (χ1v) is 10.1. The van der Waals surface area contributed by atoms with E-state index in [9.17, 15) is 35.9 Å². The molecule has 6 nitrogen and oxygen atoms in total. The molecular formula is C22H20F6N2O4. The third kappa shape index (κ3) is 6.33. The molecule has 1 heterocycles. The van der Waals surface area contributed by atoms with Crippen molar-refractivity contribution in [1.82, 2.24) is 9.80 Å². The van der Waals surface area contributed by atoms with Crippen LogP contribution in [0.25, 0.3) is 0 Å². The number of para-hydroxylation sites is 2. The zero-order valence-electron chi connectivity index (χ0n) is 17.7. The fraction of sp³-hybridized carbons (Fsp3) is 0.364. The first kappa shape index (κ1) is 25.2. The molecule has 34 heavy (non-hydrogen) atoms. The molecule has 1 aliphatic heterocycles. The first-order chi connectivity index (χ1) is 16.0. The highest BCUT2D eigenvalue weighted by Crippen LogP contribution is 2.36. The van der Waals surface area contributed by atoms with Gasteiger partial charge in [0.2, 0.25) is 0 Å². The van der Waals surface area contributed by atoms with Gasteiger partial charge in [-0.1, -0.05) is 24.3 Å². The van der Waals surface area contributed by atoms with E-state index in [0.717, 1.165) is 24.3 Å². The summed E-state index contributed by atoms with van der Waals surface area (Å²) in [7, 11) is 0. The Morgan fingerprint density at radius 2 is 0.971 bits per heavy atom. The van der Waals surface area contributed by atoms with Crippen LogP contribution in [0.5, 0.6) is 11.5 Å². The smallest absolute Gasteiger partial charge is 0.419 e. The molecule has 0 atom stereocenters. The molecule has 1 fully saturated rings. The van der Waals surface area contributed by atoms with E-state index in [1.54, 1.807) is 0 Å². The van der Waals surface area contributed by atoms with Gasteiger partial charge < -0.3 is 19.3 Å². The van der Waals surface area contributed by atoms with Crippen molar-refractivity contribution in [2.75, 3.05) is 39.4 Å². The average molecular weight is 490 g/mol. The lowest BCUT2D eigenvalue weighted by Crippen LogP contribution is -2.52. The molecule has 2 amide bonds. The van der Waals surface area contributed by atoms with Crippen LogP contribution in [-0.2, 0) is 21.9 Å². The molecule has 2 aromatic rings. The summed E-state index contributed by atoms with van der Waals surface area (Å²) >= 11 is 0. The largest absolute Gasteiger partial charge is 0.483 e. The highest BCUT2D eigenvalue weighted by atomic mass is 19.4. The van der Waals surface area contributed by atoms with Crippen LogP contribution in [0.4, 0.5) is 26.3 Å². The number of hydrogen-bond acceptors (Lipinski definition) is 4. The average Bonchev–Trinajstić information content (AvgIpc) is 2.80. The second kappa shape index (κ2) is 10.2. The van der Waals surface area contributed by atoms with E-state index in [0.29, 0.717) is 0 Å². The monoisotopic (exact) mass is 490 g/mol. The number of amides is 2. The minimum absolute atomic E-state index is 0.0913. The van der Waals surface area contributed by atoms with Crippen molar-refractivity contribution in [3.05, 3.63) is 59.7 Å². The highest BCUT2D eigenvalue weighted by molar-refractivity contribution is 5.80. The van der Waals surface area contributed by atoms with Gasteiger partial charge in [-0.15, -0.1) is 0 Å². The maximum atomic E-state index is 13.0. The maximum Gasteiger partial charge on any atom is 0.419 e. The standard InChI is InChI=1S/C22H20F6N2O4/c23-21(24,25)15-5-1-3-7-17(15)33-13-19(31)29-9-11-30(12-10-29)20(32)14-34-18-8-4-2-6-16(18)22(26,27)28/h1-8H,9-14H2. The van der Waals surface area contributed by atoms with Crippen LogP contribution in [0.1, 0.15) is 11.1 Å². The van der Waals surface area contributed by atoms with Gasteiger partial charge in [0.1, 0.15) is 11.5 Å². The minimum Gasteiger partial charge on any atom is -0.483 e. The Hall–Kier alpha value is -3.44. The Morgan fingerprint density at radius 1 is 0.647 bits per heavy atom. The summed E-state index contributed by atoms with van der Waals surface area (Å²) in [5, 5.41) is 0. The van der Waals surface area contributed by atoms with Gasteiger partial charge in [0.25, 0.3) is 11.8 Å². The third-order valence-electron chi connectivity index (χ3n) is 5.07. The number of rotatable bonds is 6. The predicted molar refractivity (Wildman–Crippen MR) is 107 cm³/mol. The number of ether oxygens (including phenoxy) is 2. The zero-order chi connectivity index (χ0) is 24.9. The van der Waals surface area contributed by atoms with Crippen LogP contribution in [0, 0.1) is 0 Å². The van der Waals surface area contributed by atoms with Crippen molar-refractivity contribution in [3.8, 4) is 11.5 Å². The second-order valence-corrected chi connectivity index (χ2v) is 7.33. The summed E-state index contributed by atoms with van der Waals surface area (Å²) in [6, 6.07) is 9.05. The molecule has 184 valence electrons. The molecule has 0 unspecified atom stereocenters. The van der Waals surface area contributed by atoms with Gasteiger partial charge >= 0.3 is 12.4 Å². The van der Waals surface area contributed by atoms with Crippen LogP contribution < -0.4 is 9.47 Å². The number of alkyl halides is 6. The summed E-state index contributed by atoms with van der Waals surface area (Å²) in [5.41, 5.74) is -1.99. The molecule has 0 N–H and O–H groups in total. The second-order valence-electron chi connectivity index (χ2n) is 7.33. The molecule has 1 aliphatic rings. The van der Waals surface area contributed by atoms with Gasteiger partial charge in [0, 0.05) is 26.2 Å². The molecule has 0 aromatic heterocycles. The topological polar surface area (TPSA) is 59.1 Å². The van der Waals surface area contributed by atoms with Gasteiger partial charge in [-0.2, -0.15) is 26.3 Å². The molecule has 0 bridgehead atoms. The van der Waals surface area contributed by atoms with Crippen LogP contribution >= 0.6 is 0 Å². The molecular weight excluding hydrogens is 470 g/mol.